The number of aryl methyl sites for hydroxylation is 1. The van der Waals surface area contributed by atoms with Crippen molar-refractivity contribution in [3.63, 3.8) is 0 Å². The molecule has 2 nitrogen and oxygen atoms in total. The summed E-state index contributed by atoms with van der Waals surface area (Å²) in [7, 11) is 0. The number of halogens is 1. The van der Waals surface area contributed by atoms with Gasteiger partial charge in [0.25, 0.3) is 0 Å². The zero-order valence-electron chi connectivity index (χ0n) is 8.98. The van der Waals surface area contributed by atoms with Gasteiger partial charge in [-0.2, -0.15) is 0 Å². The normalized spacial score (nSPS) is 9.53. The predicted molar refractivity (Wildman–Crippen MR) is 71.5 cm³/mol. The minimum atomic E-state index is 0. The first kappa shape index (κ1) is 13.5. The second-order valence-electron chi connectivity index (χ2n) is 3.54. The summed E-state index contributed by atoms with van der Waals surface area (Å²) >= 11 is 6.05. The Hall–Kier alpha value is -1.54. The van der Waals surface area contributed by atoms with E-state index in [1.165, 1.54) is 0 Å². The summed E-state index contributed by atoms with van der Waals surface area (Å²) in [5.41, 5.74) is 2.01. The van der Waals surface area contributed by atoms with Crippen LogP contribution in [0.3, 0.4) is 0 Å². The summed E-state index contributed by atoms with van der Waals surface area (Å²) in [6, 6.07) is 11.5. The molecular weight excluding hydrogens is 234 g/mol. The molecule has 0 radical (unpaired) electrons. The first-order valence-electron chi connectivity index (χ1n) is 5.04. The van der Waals surface area contributed by atoms with Crippen molar-refractivity contribution < 1.29 is 4.74 Å². The first-order valence-corrected chi connectivity index (χ1v) is 5.42. The standard InChI is InChI=1S/C13H12ClNO.CH4/c1-10-5-6-13(12(14)8-10)16-9-11-4-2-3-7-15-11;/h2-8H,9H2,1H3;1H4. The van der Waals surface area contributed by atoms with E-state index in [1.54, 1.807) is 6.20 Å². The lowest BCUT2D eigenvalue weighted by atomic mass is 10.2. The van der Waals surface area contributed by atoms with E-state index in [0.29, 0.717) is 17.4 Å². The first-order chi connectivity index (χ1) is 7.75. The molecule has 2 rings (SSSR count). The number of pyridine rings is 1. The van der Waals surface area contributed by atoms with Crippen molar-refractivity contribution in [2.75, 3.05) is 0 Å². The summed E-state index contributed by atoms with van der Waals surface area (Å²) < 4.78 is 5.58. The number of aromatic nitrogens is 1. The average molecular weight is 250 g/mol. The summed E-state index contributed by atoms with van der Waals surface area (Å²) in [5, 5.41) is 0.635. The van der Waals surface area contributed by atoms with Crippen molar-refractivity contribution in [2.24, 2.45) is 0 Å². The highest BCUT2D eigenvalue weighted by Gasteiger charge is 2.02. The Labute approximate surface area is 107 Å². The number of rotatable bonds is 3. The lowest BCUT2D eigenvalue weighted by Gasteiger charge is -2.07. The zero-order chi connectivity index (χ0) is 11.4. The van der Waals surface area contributed by atoms with Gasteiger partial charge in [-0.3, -0.25) is 4.98 Å². The molecule has 0 N–H and O–H groups in total. The monoisotopic (exact) mass is 249 g/mol. The molecule has 0 bridgehead atoms. The summed E-state index contributed by atoms with van der Waals surface area (Å²) in [5.74, 6) is 0.693. The quantitative estimate of drug-likeness (QED) is 0.811. The van der Waals surface area contributed by atoms with Crippen molar-refractivity contribution in [1.29, 1.82) is 0 Å². The fourth-order valence-corrected chi connectivity index (χ4v) is 1.65. The van der Waals surface area contributed by atoms with Crippen molar-refractivity contribution >= 4 is 11.6 Å². The SMILES string of the molecule is C.Cc1ccc(OCc2ccccn2)c(Cl)c1. The summed E-state index contributed by atoms with van der Waals surface area (Å²) in [6.45, 7) is 2.43. The molecule has 0 saturated heterocycles. The van der Waals surface area contributed by atoms with Gasteiger partial charge in [0.2, 0.25) is 0 Å². The third kappa shape index (κ3) is 3.75. The molecule has 0 aliphatic heterocycles. The minimum absolute atomic E-state index is 0. The summed E-state index contributed by atoms with van der Waals surface area (Å²) in [4.78, 5) is 4.17. The van der Waals surface area contributed by atoms with Gasteiger partial charge in [-0.1, -0.05) is 31.2 Å². The van der Waals surface area contributed by atoms with Crippen LogP contribution in [0.5, 0.6) is 5.75 Å². The maximum Gasteiger partial charge on any atom is 0.138 e. The highest BCUT2D eigenvalue weighted by molar-refractivity contribution is 6.32. The van der Waals surface area contributed by atoms with E-state index in [-0.39, 0.29) is 7.43 Å². The Kier molecular flexibility index (Phi) is 4.98. The van der Waals surface area contributed by atoms with Crippen LogP contribution < -0.4 is 4.74 Å². The average Bonchev–Trinajstić information content (AvgIpc) is 2.29. The molecule has 1 heterocycles. The third-order valence-electron chi connectivity index (χ3n) is 2.19. The maximum absolute atomic E-state index is 6.05. The number of benzene rings is 1. The van der Waals surface area contributed by atoms with Crippen LogP contribution in [0.1, 0.15) is 18.7 Å². The molecule has 3 heteroatoms. The zero-order valence-corrected chi connectivity index (χ0v) is 9.74. The van der Waals surface area contributed by atoms with E-state index >= 15 is 0 Å². The van der Waals surface area contributed by atoms with Gasteiger partial charge in [0, 0.05) is 6.20 Å². The van der Waals surface area contributed by atoms with Crippen molar-refractivity contribution in [3.05, 3.63) is 58.9 Å². The van der Waals surface area contributed by atoms with Crippen LogP contribution in [-0.4, -0.2) is 4.98 Å². The molecule has 0 aliphatic carbocycles. The fraction of sp³-hybridized carbons (Fsp3) is 0.214. The third-order valence-corrected chi connectivity index (χ3v) is 2.48. The Balaban J connectivity index is 0.00000144. The number of hydrogen-bond acceptors (Lipinski definition) is 2. The van der Waals surface area contributed by atoms with E-state index < -0.39 is 0 Å². The lowest BCUT2D eigenvalue weighted by Crippen LogP contribution is -1.97. The predicted octanol–water partition coefficient (Wildman–Crippen LogP) is 4.26. The fourth-order valence-electron chi connectivity index (χ4n) is 1.36. The van der Waals surface area contributed by atoms with Gasteiger partial charge in [0.1, 0.15) is 12.4 Å². The van der Waals surface area contributed by atoms with Crippen LogP contribution in [0.4, 0.5) is 0 Å². The van der Waals surface area contributed by atoms with Gasteiger partial charge >= 0.3 is 0 Å². The molecule has 17 heavy (non-hydrogen) atoms. The number of hydrogen-bond donors (Lipinski definition) is 0. The molecule has 0 saturated carbocycles. The van der Waals surface area contributed by atoms with Crippen molar-refractivity contribution in [3.8, 4) is 5.75 Å². The van der Waals surface area contributed by atoms with E-state index in [2.05, 4.69) is 4.98 Å². The van der Waals surface area contributed by atoms with E-state index in [4.69, 9.17) is 16.3 Å². The lowest BCUT2D eigenvalue weighted by molar-refractivity contribution is 0.301. The Morgan fingerprint density at radius 2 is 2.06 bits per heavy atom. The molecule has 0 fully saturated rings. The van der Waals surface area contributed by atoms with Gasteiger partial charge in [0.05, 0.1) is 10.7 Å². The molecule has 0 atom stereocenters. The van der Waals surface area contributed by atoms with Crippen LogP contribution in [0, 0.1) is 6.92 Å². The molecule has 0 aliphatic rings. The van der Waals surface area contributed by atoms with Gasteiger partial charge < -0.3 is 4.74 Å². The minimum Gasteiger partial charge on any atom is -0.486 e. The van der Waals surface area contributed by atoms with Crippen LogP contribution >= 0.6 is 11.6 Å². The molecule has 0 unspecified atom stereocenters. The highest BCUT2D eigenvalue weighted by atomic mass is 35.5. The molecular formula is C14H16ClNO. The van der Waals surface area contributed by atoms with Gasteiger partial charge in [-0.25, -0.2) is 0 Å². The van der Waals surface area contributed by atoms with Crippen LogP contribution in [0.25, 0.3) is 0 Å². The molecule has 0 spiro atoms. The van der Waals surface area contributed by atoms with E-state index in [0.717, 1.165) is 11.3 Å². The largest absolute Gasteiger partial charge is 0.486 e. The molecule has 1 aromatic heterocycles. The maximum atomic E-state index is 6.05. The van der Waals surface area contributed by atoms with E-state index in [9.17, 15) is 0 Å². The van der Waals surface area contributed by atoms with Crippen molar-refractivity contribution in [1.82, 2.24) is 4.98 Å². The number of nitrogens with zero attached hydrogens (tertiary/aromatic N) is 1. The Bertz CT molecular complexity index is 471. The van der Waals surface area contributed by atoms with Gasteiger partial charge in [-0.05, 0) is 36.8 Å². The smallest absolute Gasteiger partial charge is 0.138 e. The van der Waals surface area contributed by atoms with Gasteiger partial charge in [-0.15, -0.1) is 0 Å². The van der Waals surface area contributed by atoms with E-state index in [1.807, 2.05) is 43.3 Å². The molecule has 90 valence electrons. The second-order valence-corrected chi connectivity index (χ2v) is 3.95. The Morgan fingerprint density at radius 1 is 1.24 bits per heavy atom. The molecule has 2 aromatic rings. The second kappa shape index (κ2) is 6.26. The molecule has 0 amide bonds. The topological polar surface area (TPSA) is 22.1 Å². The van der Waals surface area contributed by atoms with Crippen LogP contribution in [0.15, 0.2) is 42.6 Å². The molecule has 1 aromatic carbocycles. The summed E-state index contributed by atoms with van der Waals surface area (Å²) in [6.07, 6.45) is 1.75. The number of ether oxygens (including phenoxy) is 1. The van der Waals surface area contributed by atoms with Crippen molar-refractivity contribution in [2.45, 2.75) is 21.0 Å². The van der Waals surface area contributed by atoms with Crippen LogP contribution in [-0.2, 0) is 6.61 Å². The van der Waals surface area contributed by atoms with Crippen LogP contribution in [0.2, 0.25) is 5.02 Å². The highest BCUT2D eigenvalue weighted by Crippen LogP contribution is 2.25. The van der Waals surface area contributed by atoms with Gasteiger partial charge in [0.15, 0.2) is 0 Å². The Morgan fingerprint density at radius 3 is 2.71 bits per heavy atom.